The van der Waals surface area contributed by atoms with Gasteiger partial charge in [0, 0.05) is 0 Å². The summed E-state index contributed by atoms with van der Waals surface area (Å²) < 4.78 is 10.4. The van der Waals surface area contributed by atoms with E-state index < -0.39 is 49.6 Å². The molecule has 0 fully saturated rings. The van der Waals surface area contributed by atoms with Gasteiger partial charge in [0.15, 0.2) is 0 Å². The monoisotopic (exact) mass is 838 g/mol. The molecular weight excluding hydrogens is 768 g/mol. The molecule has 0 aliphatic rings. The van der Waals surface area contributed by atoms with Crippen LogP contribution < -0.4 is 0 Å². The van der Waals surface area contributed by atoms with E-state index in [1.54, 1.807) is 0 Å². The fourth-order valence-corrected chi connectivity index (χ4v) is 7.24. The first-order valence-corrected chi connectivity index (χ1v) is 21.9. The normalized spacial score (nSPS) is 14.2. The van der Waals surface area contributed by atoms with Crippen molar-refractivity contribution in [2.45, 2.75) is 218 Å². The van der Waals surface area contributed by atoms with E-state index in [1.807, 2.05) is 0 Å². The van der Waals surface area contributed by atoms with E-state index in [-0.39, 0.29) is 11.9 Å². The molecule has 0 aliphatic carbocycles. The van der Waals surface area contributed by atoms with Crippen molar-refractivity contribution >= 4 is 37.1 Å². The standard InChI is InChI=1S/2C18H36O4.Pb/c2*1-2-3-4-5-7-10-13-16(19)17(20)14-11-8-6-9-12-15-18(21)22;/h2*16-17,19-20H,2-15H2,1H3,(H,21,22);/q;;+2/p-2. The first kappa shape index (κ1) is 44.7. The third-order valence-corrected chi connectivity index (χ3v) is 11.1. The Morgan fingerprint density at radius 2 is 0.667 bits per heavy atom. The number of aliphatic hydroxyl groups excluding tert-OH is 4. The zero-order chi connectivity index (χ0) is 33.4. The molecule has 0 amide bonds. The molecule has 0 rings (SSSR count). The summed E-state index contributed by atoms with van der Waals surface area (Å²) in [7, 11) is 0. The average molecular weight is 838 g/mol. The molecule has 4 atom stereocenters. The number of carbonyl (C=O) groups is 2. The van der Waals surface area contributed by atoms with E-state index in [2.05, 4.69) is 13.8 Å². The van der Waals surface area contributed by atoms with Crippen LogP contribution in [0, 0.1) is 0 Å². The van der Waals surface area contributed by atoms with Crippen molar-refractivity contribution < 1.29 is 35.4 Å². The van der Waals surface area contributed by atoms with Crippen LogP contribution in [0.1, 0.15) is 194 Å². The van der Waals surface area contributed by atoms with Crippen LogP contribution in [0.2, 0.25) is 0 Å². The summed E-state index contributed by atoms with van der Waals surface area (Å²) in [5, 5.41) is 40.6. The zero-order valence-corrected chi connectivity index (χ0v) is 32.9. The van der Waals surface area contributed by atoms with Crippen molar-refractivity contribution in [3.8, 4) is 0 Å². The Hall–Kier alpha value is -0.298. The maximum absolute atomic E-state index is 11.9. The van der Waals surface area contributed by atoms with Crippen LogP contribution in [0.25, 0.3) is 0 Å². The summed E-state index contributed by atoms with van der Waals surface area (Å²) in [6.07, 6.45) is 23.8. The number of hydrogen-bond donors (Lipinski definition) is 4. The van der Waals surface area contributed by atoms with Crippen LogP contribution in [-0.2, 0) is 15.0 Å². The molecule has 0 saturated carbocycles. The Kier molecular flexibility index (Phi) is 33.4. The van der Waals surface area contributed by atoms with Crippen molar-refractivity contribution in [3.63, 3.8) is 0 Å². The van der Waals surface area contributed by atoms with Gasteiger partial charge in [-0.15, -0.1) is 0 Å². The molecule has 0 aliphatic heterocycles. The number of aliphatic hydroxyl groups is 4. The fraction of sp³-hybridized carbons (Fsp3) is 0.944. The molecule has 4 unspecified atom stereocenters. The van der Waals surface area contributed by atoms with E-state index in [1.165, 1.54) is 51.4 Å². The van der Waals surface area contributed by atoms with Crippen LogP contribution in [0.3, 0.4) is 0 Å². The number of carbonyl (C=O) groups excluding carboxylic acids is 2. The number of unbranched alkanes of at least 4 members (excludes halogenated alkanes) is 18. The van der Waals surface area contributed by atoms with Crippen molar-refractivity contribution in [1.82, 2.24) is 0 Å². The van der Waals surface area contributed by atoms with Crippen molar-refractivity contribution in [3.05, 3.63) is 0 Å². The molecule has 9 heteroatoms. The summed E-state index contributed by atoms with van der Waals surface area (Å²) in [6, 6.07) is 0. The van der Waals surface area contributed by atoms with E-state index in [0.717, 1.165) is 89.9 Å². The molecule has 0 bridgehead atoms. The van der Waals surface area contributed by atoms with E-state index >= 15 is 0 Å². The van der Waals surface area contributed by atoms with Crippen molar-refractivity contribution in [2.75, 3.05) is 0 Å². The first-order valence-electron chi connectivity index (χ1n) is 18.7. The maximum atomic E-state index is 11.9. The second kappa shape index (κ2) is 33.6. The Morgan fingerprint density at radius 1 is 0.422 bits per heavy atom. The molecule has 266 valence electrons. The van der Waals surface area contributed by atoms with Gasteiger partial charge in [0.2, 0.25) is 0 Å². The molecule has 0 spiro atoms. The first-order chi connectivity index (χ1) is 21.8. The zero-order valence-electron chi connectivity index (χ0n) is 29.0. The van der Waals surface area contributed by atoms with Crippen LogP contribution in [0.15, 0.2) is 0 Å². The predicted molar refractivity (Wildman–Crippen MR) is 183 cm³/mol. The molecule has 0 saturated heterocycles. The van der Waals surface area contributed by atoms with Gasteiger partial charge in [-0.25, -0.2) is 0 Å². The fourth-order valence-electron chi connectivity index (χ4n) is 5.56. The third-order valence-electron chi connectivity index (χ3n) is 8.67. The second-order valence-electron chi connectivity index (χ2n) is 13.0. The number of hydrogen-bond acceptors (Lipinski definition) is 8. The second-order valence-corrected chi connectivity index (χ2v) is 15.3. The van der Waals surface area contributed by atoms with Crippen LogP contribution >= 0.6 is 0 Å². The van der Waals surface area contributed by atoms with Crippen LogP contribution in [0.4, 0.5) is 0 Å². The molecule has 2 radical (unpaired) electrons. The molecular formula is C36H70O8Pb. The van der Waals surface area contributed by atoms with E-state index in [9.17, 15) is 30.0 Å². The SMILES string of the molecule is CCCCCCCCC(O)C(O)CCCCCCCC(=O)[O][Pb][O]C(=O)CCCCCCCC(O)C(O)CCCCCCCC. The summed E-state index contributed by atoms with van der Waals surface area (Å²) in [4.78, 5) is 23.9. The summed E-state index contributed by atoms with van der Waals surface area (Å²) in [5.74, 6) is -0.558. The van der Waals surface area contributed by atoms with Gasteiger partial charge in [-0.1, -0.05) is 90.9 Å². The van der Waals surface area contributed by atoms with E-state index in [0.29, 0.717) is 38.5 Å². The molecule has 45 heavy (non-hydrogen) atoms. The Bertz CT molecular complexity index is 611. The minimum atomic E-state index is -2.16. The molecule has 8 nitrogen and oxygen atoms in total. The van der Waals surface area contributed by atoms with Gasteiger partial charge in [0.1, 0.15) is 0 Å². The molecule has 0 aromatic heterocycles. The Labute approximate surface area is 289 Å². The van der Waals surface area contributed by atoms with Gasteiger partial charge >= 0.3 is 200 Å². The minimum absolute atomic E-state index is 0.279. The van der Waals surface area contributed by atoms with Gasteiger partial charge in [0.25, 0.3) is 0 Å². The van der Waals surface area contributed by atoms with E-state index in [4.69, 9.17) is 5.37 Å². The van der Waals surface area contributed by atoms with Crippen LogP contribution in [-0.4, -0.2) is 81.9 Å². The van der Waals surface area contributed by atoms with Crippen molar-refractivity contribution in [2.24, 2.45) is 0 Å². The average Bonchev–Trinajstić information content (AvgIpc) is 3.02. The predicted octanol–water partition coefficient (Wildman–Crippen LogP) is 8.01. The quantitative estimate of drug-likeness (QED) is 0.0379. The number of rotatable bonds is 34. The molecule has 0 aromatic rings. The van der Waals surface area contributed by atoms with Crippen LogP contribution in [0.5, 0.6) is 0 Å². The van der Waals surface area contributed by atoms with Crippen molar-refractivity contribution in [1.29, 1.82) is 0 Å². The Morgan fingerprint density at radius 3 is 0.956 bits per heavy atom. The Balaban J connectivity index is 3.55. The minimum Gasteiger partial charge on any atom is -0.0654 e. The molecule has 0 aromatic carbocycles. The summed E-state index contributed by atoms with van der Waals surface area (Å²) >= 11 is -2.16. The third kappa shape index (κ3) is 30.8. The summed E-state index contributed by atoms with van der Waals surface area (Å²) in [5.41, 5.74) is 0. The van der Waals surface area contributed by atoms with Gasteiger partial charge in [-0.3, -0.25) is 0 Å². The van der Waals surface area contributed by atoms with Gasteiger partial charge in [-0.2, -0.15) is 0 Å². The van der Waals surface area contributed by atoms with Gasteiger partial charge in [-0.05, 0) is 0 Å². The topological polar surface area (TPSA) is 134 Å². The molecule has 0 heterocycles. The molecule has 4 N–H and O–H groups in total. The smallest absolute Gasteiger partial charge is 0.0654 e. The van der Waals surface area contributed by atoms with Gasteiger partial charge < -0.3 is 0 Å². The van der Waals surface area contributed by atoms with Gasteiger partial charge in [0.05, 0.1) is 0 Å². The summed E-state index contributed by atoms with van der Waals surface area (Å²) in [6.45, 7) is 4.40.